The third kappa shape index (κ3) is 5.79. The lowest BCUT2D eigenvalue weighted by atomic mass is 10.0. The van der Waals surface area contributed by atoms with Gasteiger partial charge in [0, 0.05) is 3.58 Å². The molecule has 0 saturated heterocycles. The topological polar surface area (TPSA) is 29.5 Å². The van der Waals surface area contributed by atoms with Crippen molar-refractivity contribution in [3.05, 3.63) is 46.1 Å². The second-order valence-electron chi connectivity index (χ2n) is 7.34. The fourth-order valence-corrected chi connectivity index (χ4v) is 4.03. The molecule has 1 N–H and O–H groups in total. The number of aryl methyl sites for hydroxylation is 1. The maximum Gasteiger partial charge on any atom is 0.193 e. The minimum Gasteiger partial charge on any atom is -0.407 e. The minimum absolute atomic E-state index is 0.122. The Labute approximate surface area is 150 Å². The van der Waals surface area contributed by atoms with Gasteiger partial charge in [0.25, 0.3) is 0 Å². The fraction of sp³-hybridized carbons (Fsp3) is 0.556. The van der Waals surface area contributed by atoms with Crippen molar-refractivity contribution < 1.29 is 9.53 Å². The predicted molar refractivity (Wildman–Crippen MR) is 106 cm³/mol. The van der Waals surface area contributed by atoms with Crippen LogP contribution >= 0.6 is 22.6 Å². The van der Waals surface area contributed by atoms with E-state index >= 15 is 0 Å². The molecule has 0 bridgehead atoms. The SMILES string of the molecule is C=C(I)[C@H](O[Si](C)(C)C(C)(C)C)[C@@H](O)CCc1ccccc1. The molecule has 0 aliphatic heterocycles. The maximum atomic E-state index is 10.6. The summed E-state index contributed by atoms with van der Waals surface area (Å²) in [6.07, 6.45) is 0.734. The second kappa shape index (κ2) is 8.08. The molecule has 0 heterocycles. The molecule has 0 radical (unpaired) electrons. The van der Waals surface area contributed by atoms with E-state index < -0.39 is 14.4 Å². The number of benzene rings is 1. The smallest absolute Gasteiger partial charge is 0.193 e. The number of rotatable bonds is 7. The van der Waals surface area contributed by atoms with Crippen molar-refractivity contribution in [3.63, 3.8) is 0 Å². The van der Waals surface area contributed by atoms with Crippen molar-refractivity contribution in [2.24, 2.45) is 0 Å². The van der Waals surface area contributed by atoms with Crippen molar-refractivity contribution >= 4 is 30.9 Å². The van der Waals surface area contributed by atoms with Crippen molar-refractivity contribution in [1.82, 2.24) is 0 Å². The summed E-state index contributed by atoms with van der Waals surface area (Å²) >= 11 is 2.19. The Bertz CT molecular complexity index is 480. The molecule has 0 aliphatic rings. The molecule has 0 amide bonds. The molecular formula is C18H29IO2Si. The van der Waals surface area contributed by atoms with Crippen molar-refractivity contribution in [1.29, 1.82) is 0 Å². The summed E-state index contributed by atoms with van der Waals surface area (Å²) in [7, 11) is -1.93. The van der Waals surface area contributed by atoms with Crippen molar-refractivity contribution in [2.75, 3.05) is 0 Å². The lowest BCUT2D eigenvalue weighted by Gasteiger charge is -2.40. The Kier molecular flexibility index (Phi) is 7.30. The Morgan fingerprint density at radius 1 is 1.27 bits per heavy atom. The van der Waals surface area contributed by atoms with E-state index in [0.717, 1.165) is 10.0 Å². The van der Waals surface area contributed by atoms with Crippen LogP contribution in [0.5, 0.6) is 0 Å². The number of hydrogen-bond acceptors (Lipinski definition) is 2. The molecule has 0 saturated carbocycles. The van der Waals surface area contributed by atoms with Gasteiger partial charge in [0.15, 0.2) is 8.32 Å². The third-order valence-electron chi connectivity index (χ3n) is 4.46. The molecule has 0 aliphatic carbocycles. The number of halogens is 1. The summed E-state index contributed by atoms with van der Waals surface area (Å²) in [5.74, 6) is 0. The number of hydrogen-bond donors (Lipinski definition) is 1. The molecule has 22 heavy (non-hydrogen) atoms. The third-order valence-corrected chi connectivity index (χ3v) is 9.53. The van der Waals surface area contributed by atoms with E-state index in [1.165, 1.54) is 5.56 Å². The van der Waals surface area contributed by atoms with Gasteiger partial charge in [-0.1, -0.05) is 57.7 Å². The first kappa shape index (κ1) is 19.9. The van der Waals surface area contributed by atoms with Crippen LogP contribution in [0, 0.1) is 0 Å². The monoisotopic (exact) mass is 432 g/mol. The standard InChI is InChI=1S/C18H29IO2Si/c1-14(19)17(21-22(5,6)18(2,3)4)16(20)13-12-15-10-8-7-9-11-15/h7-11,16-17,20H,1,12-13H2,2-6H3/t16-,17-/m0/s1. The lowest BCUT2D eigenvalue weighted by Crippen LogP contribution is -2.47. The van der Waals surface area contributed by atoms with Gasteiger partial charge in [-0.3, -0.25) is 0 Å². The average Bonchev–Trinajstić information content (AvgIpc) is 2.42. The zero-order valence-electron chi connectivity index (χ0n) is 14.4. The van der Waals surface area contributed by atoms with Crippen molar-refractivity contribution in [2.45, 2.75) is 64.0 Å². The van der Waals surface area contributed by atoms with Crippen LogP contribution in [0.1, 0.15) is 32.8 Å². The summed E-state index contributed by atoms with van der Waals surface area (Å²) < 4.78 is 7.27. The summed E-state index contributed by atoms with van der Waals surface area (Å²) in [4.78, 5) is 0. The van der Waals surface area contributed by atoms with E-state index in [9.17, 15) is 5.11 Å². The fourth-order valence-electron chi connectivity index (χ4n) is 1.96. The molecular weight excluding hydrogens is 403 g/mol. The van der Waals surface area contributed by atoms with E-state index in [0.29, 0.717) is 6.42 Å². The van der Waals surface area contributed by atoms with Gasteiger partial charge in [-0.25, -0.2) is 0 Å². The molecule has 1 aromatic rings. The van der Waals surface area contributed by atoms with Gasteiger partial charge in [-0.2, -0.15) is 0 Å². The number of aliphatic hydroxyl groups excluding tert-OH is 1. The van der Waals surface area contributed by atoms with Crippen LogP contribution in [0.15, 0.2) is 40.5 Å². The van der Waals surface area contributed by atoms with Crippen LogP contribution in [-0.2, 0) is 10.8 Å². The zero-order chi connectivity index (χ0) is 17.0. The molecule has 1 rings (SSSR count). The predicted octanol–water partition coefficient (Wildman–Crippen LogP) is 5.32. The summed E-state index contributed by atoms with van der Waals surface area (Å²) in [6, 6.07) is 10.3. The molecule has 2 atom stereocenters. The lowest BCUT2D eigenvalue weighted by molar-refractivity contribution is 0.0492. The van der Waals surface area contributed by atoms with Crippen LogP contribution in [0.2, 0.25) is 18.1 Å². The zero-order valence-corrected chi connectivity index (χ0v) is 17.6. The normalized spacial score (nSPS) is 15.4. The van der Waals surface area contributed by atoms with Gasteiger partial charge < -0.3 is 9.53 Å². The molecule has 0 aromatic heterocycles. The van der Waals surface area contributed by atoms with Gasteiger partial charge in [0.05, 0.1) is 6.10 Å². The van der Waals surface area contributed by atoms with Gasteiger partial charge in [0.2, 0.25) is 0 Å². The number of aliphatic hydroxyl groups is 1. The summed E-state index contributed by atoms with van der Waals surface area (Å²) in [5.41, 5.74) is 1.24. The highest BCUT2D eigenvalue weighted by Gasteiger charge is 2.40. The van der Waals surface area contributed by atoms with Crippen LogP contribution in [0.4, 0.5) is 0 Å². The van der Waals surface area contributed by atoms with E-state index in [1.807, 2.05) is 18.2 Å². The van der Waals surface area contributed by atoms with Gasteiger partial charge in [0.1, 0.15) is 6.10 Å². The minimum atomic E-state index is -1.93. The first-order chi connectivity index (χ1) is 10.0. The van der Waals surface area contributed by atoms with Crippen LogP contribution in [-0.4, -0.2) is 25.6 Å². The van der Waals surface area contributed by atoms with Gasteiger partial charge in [-0.05, 0) is 59.1 Å². The molecule has 0 fully saturated rings. The Hall–Kier alpha value is -0.173. The first-order valence-electron chi connectivity index (χ1n) is 7.79. The van der Waals surface area contributed by atoms with Crippen molar-refractivity contribution in [3.8, 4) is 0 Å². The molecule has 0 unspecified atom stereocenters. The average molecular weight is 432 g/mol. The van der Waals surface area contributed by atoms with Crippen LogP contribution in [0.3, 0.4) is 0 Å². The highest BCUT2D eigenvalue weighted by atomic mass is 127. The van der Waals surface area contributed by atoms with Gasteiger partial charge >= 0.3 is 0 Å². The summed E-state index contributed by atoms with van der Waals surface area (Å²) in [6.45, 7) is 15.1. The van der Waals surface area contributed by atoms with E-state index in [-0.39, 0.29) is 11.1 Å². The summed E-state index contributed by atoms with van der Waals surface area (Å²) in [5, 5.41) is 10.7. The van der Waals surface area contributed by atoms with E-state index in [4.69, 9.17) is 4.43 Å². The van der Waals surface area contributed by atoms with Crippen LogP contribution in [0.25, 0.3) is 0 Å². The van der Waals surface area contributed by atoms with Gasteiger partial charge in [-0.15, -0.1) is 0 Å². The van der Waals surface area contributed by atoms with Crippen LogP contribution < -0.4 is 0 Å². The highest BCUT2D eigenvalue weighted by molar-refractivity contribution is 14.1. The largest absolute Gasteiger partial charge is 0.407 e. The van der Waals surface area contributed by atoms with E-state index in [1.54, 1.807) is 0 Å². The molecule has 2 nitrogen and oxygen atoms in total. The Balaban J connectivity index is 2.72. The Morgan fingerprint density at radius 2 is 1.82 bits per heavy atom. The first-order valence-corrected chi connectivity index (χ1v) is 11.8. The molecule has 124 valence electrons. The quantitative estimate of drug-likeness (QED) is 0.467. The molecule has 4 heteroatoms. The molecule has 1 aromatic carbocycles. The second-order valence-corrected chi connectivity index (χ2v) is 13.5. The highest BCUT2D eigenvalue weighted by Crippen LogP contribution is 2.39. The Morgan fingerprint density at radius 3 is 2.27 bits per heavy atom. The van der Waals surface area contributed by atoms with E-state index in [2.05, 4.69) is 75.2 Å². The maximum absolute atomic E-state index is 10.6. The molecule has 0 spiro atoms.